The number of hydrogen-bond acceptors (Lipinski definition) is 5. The first-order valence-electron chi connectivity index (χ1n) is 13.8. The van der Waals surface area contributed by atoms with E-state index in [1.165, 1.54) is 34.5 Å². The molecule has 42 heavy (non-hydrogen) atoms. The zero-order valence-electron chi connectivity index (χ0n) is 22.8. The van der Waals surface area contributed by atoms with E-state index in [0.717, 1.165) is 25.0 Å². The molecule has 0 N–H and O–H groups in total. The third kappa shape index (κ3) is 6.95. The van der Waals surface area contributed by atoms with Gasteiger partial charge in [-0.15, -0.1) is 0 Å². The van der Waals surface area contributed by atoms with E-state index in [9.17, 15) is 27.2 Å². The number of alkyl halides is 3. The predicted octanol–water partition coefficient (Wildman–Crippen LogP) is 6.54. The van der Waals surface area contributed by atoms with E-state index in [1.807, 2.05) is 11.0 Å². The molecule has 6 nitrogen and oxygen atoms in total. The van der Waals surface area contributed by atoms with Gasteiger partial charge < -0.3 is 9.80 Å². The number of para-hydroxylation sites is 1. The lowest BCUT2D eigenvalue weighted by molar-refractivity contribution is -0.137. The van der Waals surface area contributed by atoms with Gasteiger partial charge in [-0.3, -0.25) is 14.2 Å². The number of benzene rings is 3. The van der Waals surface area contributed by atoms with Gasteiger partial charge in [0.05, 0.1) is 22.2 Å². The molecule has 11 heteroatoms. The van der Waals surface area contributed by atoms with Crippen LogP contribution >= 0.6 is 11.8 Å². The molecule has 220 valence electrons. The molecule has 1 aliphatic heterocycles. The van der Waals surface area contributed by atoms with E-state index in [-0.39, 0.29) is 17.3 Å². The Hall–Kier alpha value is -3.86. The first-order valence-corrected chi connectivity index (χ1v) is 14.8. The van der Waals surface area contributed by atoms with E-state index < -0.39 is 11.7 Å². The Morgan fingerprint density at radius 1 is 0.857 bits per heavy atom. The van der Waals surface area contributed by atoms with E-state index in [1.54, 1.807) is 41.3 Å². The van der Waals surface area contributed by atoms with Crippen molar-refractivity contribution < 1.29 is 22.4 Å². The summed E-state index contributed by atoms with van der Waals surface area (Å²) in [5.41, 5.74) is 0.767. The number of fused-ring (bicyclic) bond motifs is 1. The zero-order chi connectivity index (χ0) is 29.7. The average molecular weight is 599 g/mol. The van der Waals surface area contributed by atoms with Crippen molar-refractivity contribution >= 4 is 34.3 Å². The summed E-state index contributed by atoms with van der Waals surface area (Å²) >= 11 is 1.45. The third-order valence-corrected chi connectivity index (χ3v) is 8.29. The van der Waals surface area contributed by atoms with Gasteiger partial charge in [0, 0.05) is 44.0 Å². The van der Waals surface area contributed by atoms with Crippen molar-refractivity contribution in [2.45, 2.75) is 37.0 Å². The van der Waals surface area contributed by atoms with Crippen molar-refractivity contribution in [2.24, 2.45) is 0 Å². The van der Waals surface area contributed by atoms with E-state index in [4.69, 9.17) is 4.98 Å². The van der Waals surface area contributed by atoms with Gasteiger partial charge in [-0.1, -0.05) is 36.4 Å². The van der Waals surface area contributed by atoms with Gasteiger partial charge >= 0.3 is 6.18 Å². The molecule has 1 saturated heterocycles. The molecule has 0 radical (unpaired) electrons. The number of rotatable bonds is 9. The Labute approximate surface area is 245 Å². The van der Waals surface area contributed by atoms with Crippen molar-refractivity contribution in [2.75, 3.05) is 36.8 Å². The SMILES string of the molecule is O=C(CCCCCSc1nc2ccccc2c(=O)n1-c1ccc(F)cc1)N1CCN(c2cccc(C(F)(F)F)c2)CC1. The van der Waals surface area contributed by atoms with Crippen molar-refractivity contribution in [1.29, 1.82) is 0 Å². The molecule has 0 atom stereocenters. The normalized spacial score (nSPS) is 14.0. The Morgan fingerprint density at radius 2 is 1.60 bits per heavy atom. The van der Waals surface area contributed by atoms with Crippen LogP contribution in [0.5, 0.6) is 0 Å². The Bertz CT molecular complexity index is 1600. The Morgan fingerprint density at radius 3 is 2.33 bits per heavy atom. The van der Waals surface area contributed by atoms with Crippen LogP contribution in [0.1, 0.15) is 31.2 Å². The molecule has 1 aromatic heterocycles. The highest BCUT2D eigenvalue weighted by Gasteiger charge is 2.31. The van der Waals surface area contributed by atoms with Crippen LogP contribution in [-0.4, -0.2) is 52.3 Å². The molecule has 4 aromatic rings. The van der Waals surface area contributed by atoms with Gasteiger partial charge in [0.1, 0.15) is 5.82 Å². The van der Waals surface area contributed by atoms with Crippen LogP contribution in [0.2, 0.25) is 0 Å². The molecule has 3 aromatic carbocycles. The second-order valence-corrected chi connectivity index (χ2v) is 11.2. The molecule has 1 aliphatic rings. The largest absolute Gasteiger partial charge is 0.416 e. The number of nitrogens with zero attached hydrogens (tertiary/aromatic N) is 4. The molecule has 0 aliphatic carbocycles. The molecule has 1 amide bonds. The summed E-state index contributed by atoms with van der Waals surface area (Å²) in [6.07, 6.45) is -1.64. The fraction of sp³-hybridized carbons (Fsp3) is 0.323. The van der Waals surface area contributed by atoms with Crippen molar-refractivity contribution in [1.82, 2.24) is 14.5 Å². The second kappa shape index (κ2) is 13.0. The Balaban J connectivity index is 1.10. The van der Waals surface area contributed by atoms with Crippen molar-refractivity contribution in [3.05, 3.63) is 94.5 Å². The lowest BCUT2D eigenvalue weighted by atomic mass is 10.1. The third-order valence-electron chi connectivity index (χ3n) is 7.27. The number of halogens is 4. The maximum Gasteiger partial charge on any atom is 0.416 e. The minimum atomic E-state index is -4.39. The van der Waals surface area contributed by atoms with Crippen LogP contribution in [0.25, 0.3) is 16.6 Å². The lowest BCUT2D eigenvalue weighted by Crippen LogP contribution is -2.48. The molecule has 2 heterocycles. The van der Waals surface area contributed by atoms with Gasteiger partial charge in [-0.2, -0.15) is 13.2 Å². The first-order chi connectivity index (χ1) is 20.2. The fourth-order valence-corrected chi connectivity index (χ4v) is 6.01. The van der Waals surface area contributed by atoms with Gasteiger partial charge in [0.15, 0.2) is 5.16 Å². The second-order valence-electron chi connectivity index (χ2n) is 10.1. The zero-order valence-corrected chi connectivity index (χ0v) is 23.6. The molecule has 0 saturated carbocycles. The molecular weight excluding hydrogens is 568 g/mol. The van der Waals surface area contributed by atoms with E-state index in [2.05, 4.69) is 0 Å². The minimum absolute atomic E-state index is 0.0488. The molecule has 0 spiro atoms. The smallest absolute Gasteiger partial charge is 0.368 e. The first kappa shape index (κ1) is 29.6. The quantitative estimate of drug-likeness (QED) is 0.0948. The van der Waals surface area contributed by atoms with Crippen LogP contribution in [0.4, 0.5) is 23.2 Å². The summed E-state index contributed by atoms with van der Waals surface area (Å²) < 4.78 is 54.2. The number of carbonyl (C=O) groups excluding carboxylic acids is 1. The van der Waals surface area contributed by atoms with Gasteiger partial charge in [0.2, 0.25) is 5.91 Å². The minimum Gasteiger partial charge on any atom is -0.368 e. The highest BCUT2D eigenvalue weighted by molar-refractivity contribution is 7.99. The number of anilines is 1. The molecule has 0 unspecified atom stereocenters. The summed E-state index contributed by atoms with van der Waals surface area (Å²) in [4.78, 5) is 34.4. The highest BCUT2D eigenvalue weighted by Crippen LogP contribution is 2.32. The number of carbonyl (C=O) groups is 1. The van der Waals surface area contributed by atoms with Gasteiger partial charge in [0.25, 0.3) is 5.56 Å². The van der Waals surface area contributed by atoms with Gasteiger partial charge in [-0.25, -0.2) is 9.37 Å². The van der Waals surface area contributed by atoms with E-state index in [0.29, 0.717) is 72.2 Å². The maximum absolute atomic E-state index is 13.5. The maximum atomic E-state index is 13.5. The van der Waals surface area contributed by atoms with Crippen LogP contribution in [-0.2, 0) is 11.0 Å². The highest BCUT2D eigenvalue weighted by atomic mass is 32.2. The van der Waals surface area contributed by atoms with Crippen LogP contribution < -0.4 is 10.5 Å². The predicted molar refractivity (Wildman–Crippen MR) is 157 cm³/mol. The van der Waals surface area contributed by atoms with E-state index >= 15 is 0 Å². The molecule has 1 fully saturated rings. The summed E-state index contributed by atoms with van der Waals surface area (Å²) in [5.74, 6) is 0.352. The monoisotopic (exact) mass is 598 g/mol. The average Bonchev–Trinajstić information content (AvgIpc) is 2.99. The molecular formula is C31H30F4N4O2S. The lowest BCUT2D eigenvalue weighted by Gasteiger charge is -2.36. The number of unbranched alkanes of at least 4 members (excludes halogenated alkanes) is 2. The standard InChI is InChI=1S/C31H30F4N4O2S/c32-23-12-14-24(15-13-23)39-29(41)26-9-3-4-10-27(26)36-30(39)42-20-5-1-2-11-28(40)38-18-16-37(17-19-38)25-8-6-7-22(21-25)31(33,34)35/h3-4,6-10,12-15,21H,1-2,5,11,16-20H2. The summed E-state index contributed by atoms with van der Waals surface area (Å²) in [6, 6.07) is 18.2. The topological polar surface area (TPSA) is 58.4 Å². The van der Waals surface area contributed by atoms with Crippen molar-refractivity contribution in [3.63, 3.8) is 0 Å². The number of amides is 1. The molecule has 5 rings (SSSR count). The summed E-state index contributed by atoms with van der Waals surface area (Å²) in [5, 5.41) is 1.01. The fourth-order valence-electron chi connectivity index (χ4n) is 5.00. The van der Waals surface area contributed by atoms with Crippen LogP contribution in [0, 0.1) is 5.82 Å². The Kier molecular flexibility index (Phi) is 9.15. The summed E-state index contributed by atoms with van der Waals surface area (Å²) in [7, 11) is 0. The van der Waals surface area contributed by atoms with Crippen LogP contribution in [0.15, 0.2) is 82.7 Å². The number of hydrogen-bond donors (Lipinski definition) is 0. The van der Waals surface area contributed by atoms with Crippen LogP contribution in [0.3, 0.4) is 0 Å². The summed E-state index contributed by atoms with van der Waals surface area (Å²) in [6.45, 7) is 1.91. The number of thioether (sulfide) groups is 1. The van der Waals surface area contributed by atoms with Gasteiger partial charge in [-0.05, 0) is 67.4 Å². The molecule has 0 bridgehead atoms. The number of piperazine rings is 1. The number of aromatic nitrogens is 2. The van der Waals surface area contributed by atoms with Crippen molar-refractivity contribution in [3.8, 4) is 5.69 Å².